The van der Waals surface area contributed by atoms with E-state index in [1.165, 1.54) is 29.3 Å². The van der Waals surface area contributed by atoms with Crippen LogP contribution in [-0.2, 0) is 4.74 Å². The molecule has 0 aliphatic carbocycles. The van der Waals surface area contributed by atoms with Crippen molar-refractivity contribution in [2.75, 3.05) is 39.4 Å². The van der Waals surface area contributed by atoms with Gasteiger partial charge in [-0.1, -0.05) is 6.07 Å². The number of aromatic nitrogens is 1. The molecule has 2 aliphatic rings. The average Bonchev–Trinajstić information content (AvgIpc) is 3.05. The van der Waals surface area contributed by atoms with Crippen molar-refractivity contribution in [3.8, 4) is 0 Å². The lowest BCUT2D eigenvalue weighted by Gasteiger charge is -2.41. The van der Waals surface area contributed by atoms with Crippen molar-refractivity contribution in [2.24, 2.45) is 5.92 Å². The minimum atomic E-state index is 0. The minimum Gasteiger partial charge on any atom is -0.381 e. The molecular weight excluding hydrogens is 345 g/mol. The molecule has 3 heterocycles. The number of ether oxygens (including phenoxy) is 1. The highest BCUT2D eigenvalue weighted by Crippen LogP contribution is 2.36. The molecule has 2 aromatic rings. The van der Waals surface area contributed by atoms with Crippen LogP contribution in [0.1, 0.15) is 24.4 Å². The Hall–Kier alpha value is -0.780. The third-order valence-corrected chi connectivity index (χ3v) is 5.18. The summed E-state index contributed by atoms with van der Waals surface area (Å²) in [7, 11) is 0. The van der Waals surface area contributed by atoms with Crippen molar-refractivity contribution in [3.63, 3.8) is 0 Å². The van der Waals surface area contributed by atoms with Crippen LogP contribution in [0.4, 0.5) is 0 Å². The molecule has 134 valence electrons. The quantitative estimate of drug-likeness (QED) is 0.868. The van der Waals surface area contributed by atoms with Gasteiger partial charge in [0.1, 0.15) is 0 Å². The molecule has 0 unspecified atom stereocenters. The topological polar surface area (TPSA) is 40.3 Å². The second kappa shape index (κ2) is 9.07. The van der Waals surface area contributed by atoms with Crippen LogP contribution in [0.2, 0.25) is 0 Å². The molecular formula is C18H27Cl2N3O. The number of piperazine rings is 1. The Morgan fingerprint density at radius 1 is 1.04 bits per heavy atom. The third-order valence-electron chi connectivity index (χ3n) is 5.18. The van der Waals surface area contributed by atoms with Crippen LogP contribution in [0.15, 0.2) is 30.5 Å². The Morgan fingerprint density at radius 3 is 2.54 bits per heavy atom. The van der Waals surface area contributed by atoms with Gasteiger partial charge in [0.05, 0.1) is 0 Å². The molecule has 2 N–H and O–H groups in total. The number of halogens is 2. The monoisotopic (exact) mass is 371 g/mol. The molecule has 1 aromatic carbocycles. The summed E-state index contributed by atoms with van der Waals surface area (Å²) in [6.07, 6.45) is 4.39. The Bertz CT molecular complexity index is 604. The van der Waals surface area contributed by atoms with Crippen LogP contribution < -0.4 is 5.32 Å². The van der Waals surface area contributed by atoms with Gasteiger partial charge in [-0.25, -0.2) is 0 Å². The van der Waals surface area contributed by atoms with Crippen LogP contribution in [0.25, 0.3) is 10.9 Å². The van der Waals surface area contributed by atoms with Crippen LogP contribution in [-0.4, -0.2) is 49.3 Å². The van der Waals surface area contributed by atoms with Gasteiger partial charge in [-0.15, -0.1) is 24.8 Å². The molecule has 24 heavy (non-hydrogen) atoms. The molecule has 4 nitrogen and oxygen atoms in total. The number of rotatable bonds is 3. The van der Waals surface area contributed by atoms with E-state index in [9.17, 15) is 0 Å². The van der Waals surface area contributed by atoms with Crippen molar-refractivity contribution >= 4 is 35.7 Å². The normalized spacial score (nSPS) is 21.0. The van der Waals surface area contributed by atoms with E-state index in [1.54, 1.807) is 0 Å². The molecule has 0 bridgehead atoms. The van der Waals surface area contributed by atoms with Gasteiger partial charge < -0.3 is 15.0 Å². The lowest BCUT2D eigenvalue weighted by molar-refractivity contribution is 0.0213. The predicted octanol–water partition coefficient (Wildman–Crippen LogP) is 3.38. The van der Waals surface area contributed by atoms with E-state index in [-0.39, 0.29) is 24.8 Å². The number of hydrogen-bond donors (Lipinski definition) is 2. The highest BCUT2D eigenvalue weighted by atomic mass is 35.5. The number of nitrogens with one attached hydrogen (secondary N) is 2. The Labute approximate surface area is 156 Å². The molecule has 2 fully saturated rings. The van der Waals surface area contributed by atoms with E-state index in [0.717, 1.165) is 39.4 Å². The second-order valence-electron chi connectivity index (χ2n) is 6.50. The van der Waals surface area contributed by atoms with Crippen molar-refractivity contribution in [2.45, 2.75) is 18.9 Å². The largest absolute Gasteiger partial charge is 0.381 e. The molecule has 6 heteroatoms. The van der Waals surface area contributed by atoms with Gasteiger partial charge in [0.15, 0.2) is 0 Å². The van der Waals surface area contributed by atoms with Crippen LogP contribution in [0.3, 0.4) is 0 Å². The fourth-order valence-corrected chi connectivity index (χ4v) is 4.03. The summed E-state index contributed by atoms with van der Waals surface area (Å²) in [5, 5.41) is 4.80. The fourth-order valence-electron chi connectivity index (χ4n) is 4.03. The number of aromatic amines is 1. The van der Waals surface area contributed by atoms with Gasteiger partial charge in [-0.3, -0.25) is 4.90 Å². The van der Waals surface area contributed by atoms with E-state index < -0.39 is 0 Å². The van der Waals surface area contributed by atoms with E-state index in [2.05, 4.69) is 39.5 Å². The van der Waals surface area contributed by atoms with Crippen molar-refractivity contribution in [3.05, 3.63) is 36.0 Å². The predicted molar refractivity (Wildman–Crippen MR) is 104 cm³/mol. The zero-order valence-electron chi connectivity index (χ0n) is 13.9. The number of H-pyrrole nitrogens is 1. The first kappa shape index (κ1) is 19.5. The van der Waals surface area contributed by atoms with Gasteiger partial charge in [0.25, 0.3) is 0 Å². The first-order chi connectivity index (χ1) is 10.9. The zero-order chi connectivity index (χ0) is 14.8. The molecule has 0 saturated carbocycles. The minimum absolute atomic E-state index is 0. The number of fused-ring (bicyclic) bond motifs is 1. The first-order valence-corrected chi connectivity index (χ1v) is 8.51. The fraction of sp³-hybridized carbons (Fsp3) is 0.556. The highest BCUT2D eigenvalue weighted by molar-refractivity contribution is 5.85. The average molecular weight is 372 g/mol. The van der Waals surface area contributed by atoms with Crippen molar-refractivity contribution < 1.29 is 4.74 Å². The molecule has 0 spiro atoms. The van der Waals surface area contributed by atoms with E-state index >= 15 is 0 Å². The molecule has 1 aromatic heterocycles. The smallest absolute Gasteiger partial charge is 0.0469 e. The summed E-state index contributed by atoms with van der Waals surface area (Å²) >= 11 is 0. The third kappa shape index (κ3) is 4.06. The first-order valence-electron chi connectivity index (χ1n) is 8.51. The lowest BCUT2D eigenvalue weighted by atomic mass is 9.85. The molecule has 4 rings (SSSR count). The molecule has 0 radical (unpaired) electrons. The van der Waals surface area contributed by atoms with E-state index in [0.29, 0.717) is 12.0 Å². The number of hydrogen-bond acceptors (Lipinski definition) is 3. The molecule has 1 atom stereocenters. The Kier molecular flexibility index (Phi) is 7.38. The lowest BCUT2D eigenvalue weighted by Crippen LogP contribution is -2.47. The zero-order valence-corrected chi connectivity index (χ0v) is 15.5. The maximum absolute atomic E-state index is 5.60. The maximum Gasteiger partial charge on any atom is 0.0469 e. The summed E-state index contributed by atoms with van der Waals surface area (Å²) in [5.41, 5.74) is 2.70. The molecule has 2 saturated heterocycles. The highest BCUT2D eigenvalue weighted by Gasteiger charge is 2.31. The van der Waals surface area contributed by atoms with Gasteiger partial charge in [-0.05, 0) is 47.9 Å². The van der Waals surface area contributed by atoms with Gasteiger partial charge in [0, 0.05) is 57.1 Å². The number of nitrogens with zero attached hydrogens (tertiary/aromatic N) is 1. The van der Waals surface area contributed by atoms with E-state index in [4.69, 9.17) is 4.74 Å². The summed E-state index contributed by atoms with van der Waals surface area (Å²) in [6.45, 7) is 6.33. The van der Waals surface area contributed by atoms with Gasteiger partial charge in [-0.2, -0.15) is 0 Å². The summed E-state index contributed by atoms with van der Waals surface area (Å²) < 4.78 is 5.60. The van der Waals surface area contributed by atoms with Crippen LogP contribution >= 0.6 is 24.8 Å². The number of benzene rings is 1. The van der Waals surface area contributed by atoms with Crippen LogP contribution in [0.5, 0.6) is 0 Å². The molecule has 0 amide bonds. The van der Waals surface area contributed by atoms with Crippen molar-refractivity contribution in [1.82, 2.24) is 15.2 Å². The Morgan fingerprint density at radius 2 is 1.79 bits per heavy atom. The van der Waals surface area contributed by atoms with Crippen molar-refractivity contribution in [1.29, 1.82) is 0 Å². The van der Waals surface area contributed by atoms with E-state index in [1.807, 2.05) is 6.20 Å². The second-order valence-corrected chi connectivity index (χ2v) is 6.50. The van der Waals surface area contributed by atoms with Gasteiger partial charge >= 0.3 is 0 Å². The standard InChI is InChI=1S/C18H25N3O.2ClH/c1-2-17-15(3-6-20-17)13-16(1)18(14-4-11-22-12-5-14)21-9-7-19-8-10-21;;/h1-3,6,13-14,18-20H,4-5,7-12H2;2*1H/t18-;;/m1../s1. The summed E-state index contributed by atoms with van der Waals surface area (Å²) in [5.74, 6) is 0.711. The maximum atomic E-state index is 5.60. The summed E-state index contributed by atoms with van der Waals surface area (Å²) in [4.78, 5) is 5.98. The van der Waals surface area contributed by atoms with Crippen LogP contribution in [0, 0.1) is 5.92 Å². The molecule has 2 aliphatic heterocycles. The summed E-state index contributed by atoms with van der Waals surface area (Å²) in [6, 6.07) is 9.65. The van der Waals surface area contributed by atoms with Gasteiger partial charge in [0.2, 0.25) is 0 Å². The SMILES string of the molecule is Cl.Cl.c1cc2cc([C@@H](C3CCOCC3)N3CCNCC3)ccc2[nH]1. The Balaban J connectivity index is 0.00000104.